The Kier molecular flexibility index (Phi) is 3.55. The number of carbonyl (C=O) groups excluding carboxylic acids is 1. The molecule has 18 heavy (non-hydrogen) atoms. The van der Waals surface area contributed by atoms with Crippen LogP contribution in [0.1, 0.15) is 29.1 Å². The predicted molar refractivity (Wildman–Crippen MR) is 71.0 cm³/mol. The van der Waals surface area contributed by atoms with Crippen molar-refractivity contribution in [1.29, 1.82) is 0 Å². The number of Topliss-reactive ketones (excluding diaryl/α,β-unsaturated/α-hetero) is 1. The molecule has 0 heterocycles. The van der Waals surface area contributed by atoms with Crippen LogP contribution in [-0.4, -0.2) is 10.9 Å². The summed E-state index contributed by atoms with van der Waals surface area (Å²) in [4.78, 5) is 11.2. The van der Waals surface area contributed by atoms with Crippen molar-refractivity contribution in [2.75, 3.05) is 0 Å². The van der Waals surface area contributed by atoms with Gasteiger partial charge in [0.2, 0.25) is 0 Å². The average Bonchev–Trinajstić information content (AvgIpc) is 2.39. The van der Waals surface area contributed by atoms with E-state index in [1.54, 1.807) is 25.1 Å². The quantitative estimate of drug-likeness (QED) is 0.641. The first kappa shape index (κ1) is 12.5. The minimum atomic E-state index is -0.971. The molecular formula is C15H15NO2. The topological polar surface area (TPSA) is 63.3 Å². The Labute approximate surface area is 106 Å². The van der Waals surface area contributed by atoms with Crippen LogP contribution in [0.4, 0.5) is 0 Å². The van der Waals surface area contributed by atoms with Crippen molar-refractivity contribution < 1.29 is 9.90 Å². The Morgan fingerprint density at radius 2 is 1.78 bits per heavy atom. The second kappa shape index (κ2) is 5.12. The van der Waals surface area contributed by atoms with E-state index in [4.69, 9.17) is 5.73 Å². The molecule has 0 aliphatic rings. The van der Waals surface area contributed by atoms with Gasteiger partial charge in [-0.3, -0.25) is 4.79 Å². The van der Waals surface area contributed by atoms with E-state index in [1.165, 1.54) is 0 Å². The molecule has 92 valence electrons. The molecule has 0 aliphatic heterocycles. The fourth-order valence-electron chi connectivity index (χ4n) is 1.80. The molecule has 2 aromatic rings. The van der Waals surface area contributed by atoms with E-state index in [2.05, 4.69) is 0 Å². The molecule has 2 aromatic carbocycles. The van der Waals surface area contributed by atoms with Crippen LogP contribution in [0.5, 0.6) is 0 Å². The van der Waals surface area contributed by atoms with Crippen molar-refractivity contribution in [1.82, 2.24) is 0 Å². The van der Waals surface area contributed by atoms with Crippen LogP contribution in [0.15, 0.2) is 48.5 Å². The zero-order chi connectivity index (χ0) is 13.1. The van der Waals surface area contributed by atoms with Gasteiger partial charge in [0.15, 0.2) is 5.78 Å². The molecule has 2 rings (SSSR count). The molecule has 0 saturated carbocycles. The van der Waals surface area contributed by atoms with E-state index < -0.39 is 6.23 Å². The van der Waals surface area contributed by atoms with Gasteiger partial charge in [0.25, 0.3) is 0 Å². The van der Waals surface area contributed by atoms with Crippen LogP contribution in [-0.2, 0) is 0 Å². The lowest BCUT2D eigenvalue weighted by Gasteiger charge is -2.08. The van der Waals surface area contributed by atoms with Crippen LogP contribution in [0.25, 0.3) is 11.1 Å². The highest BCUT2D eigenvalue weighted by Gasteiger charge is 2.04. The molecule has 0 radical (unpaired) electrons. The highest BCUT2D eigenvalue weighted by Crippen LogP contribution is 2.22. The van der Waals surface area contributed by atoms with E-state index in [0.29, 0.717) is 11.1 Å². The van der Waals surface area contributed by atoms with Crippen molar-refractivity contribution in [2.24, 2.45) is 5.73 Å². The van der Waals surface area contributed by atoms with E-state index >= 15 is 0 Å². The number of rotatable bonds is 3. The first-order chi connectivity index (χ1) is 8.58. The largest absolute Gasteiger partial charge is 0.375 e. The molecule has 3 nitrogen and oxygen atoms in total. The van der Waals surface area contributed by atoms with Crippen molar-refractivity contribution in [2.45, 2.75) is 13.2 Å². The summed E-state index contributed by atoms with van der Waals surface area (Å²) < 4.78 is 0. The Hall–Kier alpha value is -1.97. The Bertz CT molecular complexity index is 559. The summed E-state index contributed by atoms with van der Waals surface area (Å²) in [5.41, 5.74) is 8.75. The summed E-state index contributed by atoms with van der Waals surface area (Å²) in [5, 5.41) is 9.35. The Morgan fingerprint density at radius 3 is 2.33 bits per heavy atom. The maximum atomic E-state index is 11.2. The number of hydrogen-bond acceptors (Lipinski definition) is 3. The van der Waals surface area contributed by atoms with Gasteiger partial charge < -0.3 is 10.8 Å². The lowest BCUT2D eigenvalue weighted by molar-refractivity contribution is 0.101. The summed E-state index contributed by atoms with van der Waals surface area (Å²) in [7, 11) is 0. The van der Waals surface area contributed by atoms with Crippen LogP contribution >= 0.6 is 0 Å². The number of nitrogens with two attached hydrogens (primary N) is 1. The maximum Gasteiger partial charge on any atom is 0.159 e. The molecule has 1 atom stereocenters. The highest BCUT2D eigenvalue weighted by atomic mass is 16.3. The fraction of sp³-hybridized carbons (Fsp3) is 0.133. The third kappa shape index (κ3) is 2.64. The Morgan fingerprint density at radius 1 is 1.11 bits per heavy atom. The Balaban J connectivity index is 2.36. The van der Waals surface area contributed by atoms with E-state index in [0.717, 1.165) is 11.1 Å². The molecule has 0 aromatic heterocycles. The maximum absolute atomic E-state index is 11.2. The number of carbonyl (C=O) groups is 1. The van der Waals surface area contributed by atoms with Crippen LogP contribution < -0.4 is 5.73 Å². The zero-order valence-electron chi connectivity index (χ0n) is 10.1. The minimum absolute atomic E-state index is 0.0488. The summed E-state index contributed by atoms with van der Waals surface area (Å²) in [6.45, 7) is 1.54. The van der Waals surface area contributed by atoms with Gasteiger partial charge in [-0.05, 0) is 29.7 Å². The molecule has 0 spiro atoms. The second-order valence-electron chi connectivity index (χ2n) is 4.20. The summed E-state index contributed by atoms with van der Waals surface area (Å²) in [6.07, 6.45) is -0.971. The van der Waals surface area contributed by atoms with Crippen LogP contribution in [0, 0.1) is 0 Å². The standard InChI is InChI=1S/C15H15NO2/c1-10(17)11-5-7-12(8-6-11)13-3-2-4-14(9-13)15(16)18/h2-9,15,18H,16H2,1H3. The molecule has 0 fully saturated rings. The normalized spacial score (nSPS) is 12.2. The third-order valence-corrected chi connectivity index (χ3v) is 2.85. The summed E-state index contributed by atoms with van der Waals surface area (Å²) in [6, 6.07) is 14.8. The lowest BCUT2D eigenvalue weighted by atomic mass is 10.0. The number of ketones is 1. The number of hydrogen-bond donors (Lipinski definition) is 2. The van der Waals surface area contributed by atoms with E-state index in [1.807, 2.05) is 30.3 Å². The van der Waals surface area contributed by atoms with Gasteiger partial charge in [0.1, 0.15) is 6.23 Å². The fourth-order valence-corrected chi connectivity index (χ4v) is 1.80. The van der Waals surface area contributed by atoms with Gasteiger partial charge in [-0.25, -0.2) is 0 Å². The van der Waals surface area contributed by atoms with E-state index in [9.17, 15) is 9.90 Å². The molecule has 1 unspecified atom stereocenters. The minimum Gasteiger partial charge on any atom is -0.375 e. The van der Waals surface area contributed by atoms with E-state index in [-0.39, 0.29) is 5.78 Å². The molecule has 0 amide bonds. The first-order valence-corrected chi connectivity index (χ1v) is 5.73. The van der Waals surface area contributed by atoms with Crippen molar-refractivity contribution >= 4 is 5.78 Å². The summed E-state index contributed by atoms with van der Waals surface area (Å²) >= 11 is 0. The lowest BCUT2D eigenvalue weighted by Crippen LogP contribution is -2.08. The number of aliphatic hydroxyl groups is 1. The smallest absolute Gasteiger partial charge is 0.159 e. The SMILES string of the molecule is CC(=O)c1ccc(-c2cccc(C(N)O)c2)cc1. The second-order valence-corrected chi connectivity index (χ2v) is 4.20. The predicted octanol–water partition coefficient (Wildman–Crippen LogP) is 2.51. The van der Waals surface area contributed by atoms with Crippen molar-refractivity contribution in [3.8, 4) is 11.1 Å². The molecule has 0 aliphatic carbocycles. The van der Waals surface area contributed by atoms with Crippen molar-refractivity contribution in [3.63, 3.8) is 0 Å². The molecule has 3 heteroatoms. The van der Waals surface area contributed by atoms with Gasteiger partial charge in [-0.2, -0.15) is 0 Å². The monoisotopic (exact) mass is 241 g/mol. The first-order valence-electron chi connectivity index (χ1n) is 5.73. The van der Waals surface area contributed by atoms with Gasteiger partial charge in [-0.15, -0.1) is 0 Å². The zero-order valence-corrected chi connectivity index (χ0v) is 10.1. The van der Waals surface area contributed by atoms with Gasteiger partial charge in [-0.1, -0.05) is 42.5 Å². The molecular weight excluding hydrogens is 226 g/mol. The van der Waals surface area contributed by atoms with Crippen LogP contribution in [0.3, 0.4) is 0 Å². The summed E-state index contributed by atoms with van der Waals surface area (Å²) in [5.74, 6) is 0.0488. The van der Waals surface area contributed by atoms with Gasteiger partial charge >= 0.3 is 0 Å². The van der Waals surface area contributed by atoms with Crippen LogP contribution in [0.2, 0.25) is 0 Å². The number of benzene rings is 2. The molecule has 0 saturated heterocycles. The van der Waals surface area contributed by atoms with Gasteiger partial charge in [0.05, 0.1) is 0 Å². The molecule has 3 N–H and O–H groups in total. The third-order valence-electron chi connectivity index (χ3n) is 2.85. The average molecular weight is 241 g/mol. The van der Waals surface area contributed by atoms with Gasteiger partial charge in [0, 0.05) is 5.56 Å². The van der Waals surface area contributed by atoms with Crippen molar-refractivity contribution in [3.05, 3.63) is 59.7 Å². The highest BCUT2D eigenvalue weighted by molar-refractivity contribution is 5.94. The number of aliphatic hydroxyl groups excluding tert-OH is 1. The molecule has 0 bridgehead atoms.